The lowest BCUT2D eigenvalue weighted by Gasteiger charge is -2.29. The van der Waals surface area contributed by atoms with Crippen LogP contribution in [0.15, 0.2) is 71.6 Å². The molecule has 4 rings (SSSR count). The molecule has 1 amide bonds. The van der Waals surface area contributed by atoms with E-state index < -0.39 is 15.9 Å². The van der Waals surface area contributed by atoms with Gasteiger partial charge in [-0.15, -0.1) is 0 Å². The van der Waals surface area contributed by atoms with Crippen molar-refractivity contribution >= 4 is 33.0 Å². The molecule has 1 heterocycles. The van der Waals surface area contributed by atoms with Crippen LogP contribution in [0.2, 0.25) is 0 Å². The highest BCUT2D eigenvalue weighted by molar-refractivity contribution is 7.92. The minimum absolute atomic E-state index is 0.145. The van der Waals surface area contributed by atoms with Crippen molar-refractivity contribution in [1.29, 1.82) is 0 Å². The second-order valence-corrected chi connectivity index (χ2v) is 10.6. The van der Waals surface area contributed by atoms with Crippen LogP contribution in [-0.2, 0) is 19.6 Å². The molecule has 35 heavy (non-hydrogen) atoms. The van der Waals surface area contributed by atoms with Crippen LogP contribution in [0.5, 0.6) is 0 Å². The predicted molar refractivity (Wildman–Crippen MR) is 140 cm³/mol. The van der Waals surface area contributed by atoms with Crippen molar-refractivity contribution in [2.45, 2.75) is 25.7 Å². The van der Waals surface area contributed by atoms with E-state index in [1.165, 1.54) is 4.31 Å². The average Bonchev–Trinajstić information content (AvgIpc) is 2.86. The van der Waals surface area contributed by atoms with E-state index >= 15 is 0 Å². The van der Waals surface area contributed by atoms with Crippen LogP contribution in [0.1, 0.15) is 16.7 Å². The first kappa shape index (κ1) is 24.8. The fourth-order valence-electron chi connectivity index (χ4n) is 4.05. The molecule has 1 saturated heterocycles. The second-order valence-electron chi connectivity index (χ2n) is 8.74. The number of carbonyl (C=O) groups is 1. The van der Waals surface area contributed by atoms with Gasteiger partial charge in [-0.25, -0.2) is 8.42 Å². The third kappa shape index (κ3) is 5.66. The van der Waals surface area contributed by atoms with Gasteiger partial charge in [-0.2, -0.15) is 0 Å². The van der Waals surface area contributed by atoms with Crippen LogP contribution in [0.3, 0.4) is 0 Å². The number of hydrogen-bond acceptors (Lipinski definition) is 5. The number of amides is 1. The molecule has 0 radical (unpaired) electrons. The summed E-state index contributed by atoms with van der Waals surface area (Å²) in [4.78, 5) is 15.4. The maximum absolute atomic E-state index is 13.6. The highest BCUT2D eigenvalue weighted by atomic mass is 32.2. The molecule has 0 aromatic heterocycles. The highest BCUT2D eigenvalue weighted by Crippen LogP contribution is 2.29. The number of carbonyl (C=O) groups excluding carboxylic acids is 1. The molecule has 1 aliphatic rings. The molecule has 1 aliphatic heterocycles. The number of benzene rings is 3. The number of aryl methyl sites for hydroxylation is 2. The molecule has 1 N–H and O–H groups in total. The molecule has 3 aromatic rings. The van der Waals surface area contributed by atoms with E-state index in [0.717, 1.165) is 35.5 Å². The highest BCUT2D eigenvalue weighted by Gasteiger charge is 2.28. The Morgan fingerprint density at radius 3 is 2.26 bits per heavy atom. The lowest BCUT2D eigenvalue weighted by atomic mass is 10.1. The molecule has 1 fully saturated rings. The second kappa shape index (κ2) is 10.5. The Kier molecular flexibility index (Phi) is 7.42. The Hall–Kier alpha value is -3.36. The van der Waals surface area contributed by atoms with Crippen LogP contribution < -0.4 is 14.5 Å². The quantitative estimate of drug-likeness (QED) is 0.532. The fraction of sp³-hybridized carbons (Fsp3) is 0.296. The fourth-order valence-corrected chi connectivity index (χ4v) is 5.53. The standard InChI is InChI=1S/C27H31N3O4S/c1-20-7-13-25(14-8-20)35(32,33)30(26-6-4-5-21(2)22(26)3)19-27(31)28-23-9-11-24(12-10-23)29-15-17-34-18-16-29/h4-14H,15-19H2,1-3H3,(H,28,31). The number of hydrogen-bond donors (Lipinski definition) is 1. The van der Waals surface area contributed by atoms with Gasteiger partial charge in [0.2, 0.25) is 5.91 Å². The van der Waals surface area contributed by atoms with Gasteiger partial charge in [0.05, 0.1) is 23.8 Å². The lowest BCUT2D eigenvalue weighted by Crippen LogP contribution is -2.38. The lowest BCUT2D eigenvalue weighted by molar-refractivity contribution is -0.114. The van der Waals surface area contributed by atoms with E-state index in [9.17, 15) is 13.2 Å². The van der Waals surface area contributed by atoms with Crippen LogP contribution in [-0.4, -0.2) is 47.2 Å². The van der Waals surface area contributed by atoms with E-state index in [0.29, 0.717) is 24.6 Å². The molecule has 0 aliphatic carbocycles. The van der Waals surface area contributed by atoms with Gasteiger partial charge in [-0.1, -0.05) is 29.8 Å². The largest absolute Gasteiger partial charge is 0.378 e. The summed E-state index contributed by atoms with van der Waals surface area (Å²) in [6.07, 6.45) is 0. The van der Waals surface area contributed by atoms with Gasteiger partial charge in [-0.3, -0.25) is 9.10 Å². The normalized spacial score (nSPS) is 14.0. The van der Waals surface area contributed by atoms with Crippen molar-refractivity contribution in [3.05, 3.63) is 83.4 Å². The minimum atomic E-state index is -3.96. The third-order valence-electron chi connectivity index (χ3n) is 6.27. The summed E-state index contributed by atoms with van der Waals surface area (Å²) in [6.45, 7) is 8.39. The molecular weight excluding hydrogens is 462 g/mol. The van der Waals surface area contributed by atoms with Gasteiger partial charge in [0.25, 0.3) is 10.0 Å². The summed E-state index contributed by atoms with van der Waals surface area (Å²) < 4.78 is 33.9. The number of nitrogens with zero attached hydrogens (tertiary/aromatic N) is 2. The van der Waals surface area contributed by atoms with Crippen LogP contribution in [0, 0.1) is 20.8 Å². The smallest absolute Gasteiger partial charge is 0.264 e. The third-order valence-corrected chi connectivity index (χ3v) is 8.04. The number of rotatable bonds is 7. The van der Waals surface area contributed by atoms with E-state index in [1.54, 1.807) is 36.4 Å². The summed E-state index contributed by atoms with van der Waals surface area (Å²) in [5.41, 5.74) is 4.88. The number of anilines is 3. The van der Waals surface area contributed by atoms with E-state index in [1.807, 2.05) is 51.1 Å². The molecule has 184 valence electrons. The summed E-state index contributed by atoms with van der Waals surface area (Å²) >= 11 is 0. The van der Waals surface area contributed by atoms with Gasteiger partial charge in [0.1, 0.15) is 6.54 Å². The Labute approximate surface area is 207 Å². The molecular formula is C27H31N3O4S. The van der Waals surface area contributed by atoms with Crippen molar-refractivity contribution < 1.29 is 17.9 Å². The van der Waals surface area contributed by atoms with Gasteiger partial charge in [0, 0.05) is 24.5 Å². The Morgan fingerprint density at radius 1 is 0.943 bits per heavy atom. The van der Waals surface area contributed by atoms with Crippen molar-refractivity contribution in [1.82, 2.24) is 0 Å². The number of nitrogens with one attached hydrogen (secondary N) is 1. The van der Waals surface area contributed by atoms with Gasteiger partial charge in [0.15, 0.2) is 0 Å². The van der Waals surface area contributed by atoms with Gasteiger partial charge in [-0.05, 0) is 74.4 Å². The van der Waals surface area contributed by atoms with E-state index in [4.69, 9.17) is 4.74 Å². The summed E-state index contributed by atoms with van der Waals surface area (Å²) in [7, 11) is -3.96. The monoisotopic (exact) mass is 493 g/mol. The maximum atomic E-state index is 13.6. The number of morpholine rings is 1. The molecule has 0 atom stereocenters. The summed E-state index contributed by atoms with van der Waals surface area (Å²) in [5, 5.41) is 2.85. The SMILES string of the molecule is Cc1ccc(S(=O)(=O)N(CC(=O)Nc2ccc(N3CCOCC3)cc2)c2cccc(C)c2C)cc1. The molecule has 0 bridgehead atoms. The van der Waals surface area contributed by atoms with Crippen LogP contribution in [0.4, 0.5) is 17.1 Å². The van der Waals surface area contributed by atoms with Gasteiger partial charge >= 0.3 is 0 Å². The zero-order valence-corrected chi connectivity index (χ0v) is 21.1. The average molecular weight is 494 g/mol. The predicted octanol–water partition coefficient (Wildman–Crippen LogP) is 4.28. The van der Waals surface area contributed by atoms with Crippen LogP contribution >= 0.6 is 0 Å². The van der Waals surface area contributed by atoms with Crippen molar-refractivity contribution in [3.8, 4) is 0 Å². The van der Waals surface area contributed by atoms with Crippen molar-refractivity contribution in [2.24, 2.45) is 0 Å². The summed E-state index contributed by atoms with van der Waals surface area (Å²) in [6, 6.07) is 19.7. The molecule has 8 heteroatoms. The van der Waals surface area contributed by atoms with E-state index in [-0.39, 0.29) is 11.4 Å². The zero-order valence-electron chi connectivity index (χ0n) is 20.3. The molecule has 3 aromatic carbocycles. The first-order valence-corrected chi connectivity index (χ1v) is 13.1. The minimum Gasteiger partial charge on any atom is -0.378 e. The number of ether oxygens (including phenoxy) is 1. The molecule has 0 spiro atoms. The molecule has 7 nitrogen and oxygen atoms in total. The first-order valence-electron chi connectivity index (χ1n) is 11.6. The van der Waals surface area contributed by atoms with Crippen molar-refractivity contribution in [3.63, 3.8) is 0 Å². The molecule has 0 saturated carbocycles. The summed E-state index contributed by atoms with van der Waals surface area (Å²) in [5.74, 6) is -0.416. The topological polar surface area (TPSA) is 79.0 Å². The van der Waals surface area contributed by atoms with E-state index in [2.05, 4.69) is 10.2 Å². The Bertz CT molecular complexity index is 1280. The maximum Gasteiger partial charge on any atom is 0.264 e. The zero-order chi connectivity index (χ0) is 25.0. The Morgan fingerprint density at radius 2 is 1.60 bits per heavy atom. The molecule has 0 unspecified atom stereocenters. The van der Waals surface area contributed by atoms with Crippen LogP contribution in [0.25, 0.3) is 0 Å². The van der Waals surface area contributed by atoms with Gasteiger partial charge < -0.3 is 15.0 Å². The number of sulfonamides is 1. The first-order chi connectivity index (χ1) is 16.8. The Balaban J connectivity index is 1.57. The van der Waals surface area contributed by atoms with Crippen molar-refractivity contribution in [2.75, 3.05) is 47.4 Å².